The Bertz CT molecular complexity index is 729. The molecule has 1 heterocycles. The van der Waals surface area contributed by atoms with Crippen LogP contribution in [-0.4, -0.2) is 36.1 Å². The van der Waals surface area contributed by atoms with Gasteiger partial charge in [-0.1, -0.05) is 24.4 Å². The van der Waals surface area contributed by atoms with Crippen LogP contribution >= 0.6 is 22.9 Å². The smallest absolute Gasteiger partial charge is 0.226 e. The highest BCUT2D eigenvalue weighted by Crippen LogP contribution is 2.27. The Hall–Kier alpha value is -1.63. The first-order valence-electron chi connectivity index (χ1n) is 9.25. The van der Waals surface area contributed by atoms with Gasteiger partial charge in [-0.15, -0.1) is 11.3 Å². The lowest BCUT2D eigenvalue weighted by atomic mass is 10.1. The Labute approximate surface area is 169 Å². The number of ether oxygens (including phenoxy) is 2. The average molecular weight is 409 g/mol. The molecule has 5 nitrogen and oxygen atoms in total. The Balaban J connectivity index is 1.57. The van der Waals surface area contributed by atoms with Crippen LogP contribution in [0.2, 0.25) is 5.02 Å². The van der Waals surface area contributed by atoms with E-state index >= 15 is 0 Å². The summed E-state index contributed by atoms with van der Waals surface area (Å²) < 4.78 is 10.9. The average Bonchev–Trinajstić information content (AvgIpc) is 3.36. The van der Waals surface area contributed by atoms with E-state index in [0.717, 1.165) is 42.1 Å². The van der Waals surface area contributed by atoms with Crippen LogP contribution in [0.1, 0.15) is 36.4 Å². The van der Waals surface area contributed by atoms with Crippen molar-refractivity contribution in [3.63, 3.8) is 0 Å². The summed E-state index contributed by atoms with van der Waals surface area (Å²) in [4.78, 5) is 19.3. The zero-order valence-corrected chi connectivity index (χ0v) is 17.1. The summed E-state index contributed by atoms with van der Waals surface area (Å²) in [7, 11) is 1.66. The second-order valence-corrected chi connectivity index (χ2v) is 8.09. The van der Waals surface area contributed by atoms with E-state index in [4.69, 9.17) is 21.1 Å². The number of benzene rings is 1. The molecule has 0 spiro atoms. The molecule has 1 amide bonds. The standard InChI is InChI=1S/C20H25ClN2O3S/c1-25-11-10-23(20(24)15-4-2-3-5-15)12-17-14-27-19(22-17)13-26-18-8-6-16(21)7-9-18/h6-9,14-15H,2-5,10-13H2,1H3. The molecule has 146 valence electrons. The second kappa shape index (κ2) is 10.1. The summed E-state index contributed by atoms with van der Waals surface area (Å²) in [5, 5.41) is 3.57. The van der Waals surface area contributed by atoms with Crippen LogP contribution < -0.4 is 4.74 Å². The molecule has 0 radical (unpaired) electrons. The van der Waals surface area contributed by atoms with E-state index in [0.29, 0.717) is 31.3 Å². The molecule has 1 aromatic carbocycles. The highest BCUT2D eigenvalue weighted by molar-refractivity contribution is 7.09. The number of nitrogens with zero attached hydrogens (tertiary/aromatic N) is 2. The van der Waals surface area contributed by atoms with Gasteiger partial charge in [-0.2, -0.15) is 0 Å². The third kappa shape index (κ3) is 5.92. The van der Waals surface area contributed by atoms with Gasteiger partial charge in [0.25, 0.3) is 0 Å². The van der Waals surface area contributed by atoms with E-state index in [1.54, 1.807) is 30.6 Å². The van der Waals surface area contributed by atoms with Gasteiger partial charge in [0.05, 0.1) is 18.8 Å². The molecular weight excluding hydrogens is 384 g/mol. The largest absolute Gasteiger partial charge is 0.486 e. The normalized spacial score (nSPS) is 14.4. The zero-order chi connectivity index (χ0) is 19.1. The minimum absolute atomic E-state index is 0.160. The van der Waals surface area contributed by atoms with Crippen LogP contribution in [0.4, 0.5) is 0 Å². The number of aromatic nitrogens is 1. The van der Waals surface area contributed by atoms with Crippen LogP contribution in [0.15, 0.2) is 29.6 Å². The summed E-state index contributed by atoms with van der Waals surface area (Å²) in [6.07, 6.45) is 4.30. The fraction of sp³-hybridized carbons (Fsp3) is 0.500. The minimum atomic E-state index is 0.160. The highest BCUT2D eigenvalue weighted by atomic mass is 35.5. The first-order chi connectivity index (χ1) is 13.2. The van der Waals surface area contributed by atoms with Crippen molar-refractivity contribution in [2.24, 2.45) is 5.92 Å². The van der Waals surface area contributed by atoms with Gasteiger partial charge in [0.1, 0.15) is 17.4 Å². The van der Waals surface area contributed by atoms with Crippen molar-refractivity contribution in [1.29, 1.82) is 0 Å². The van der Waals surface area contributed by atoms with Crippen LogP contribution in [0.5, 0.6) is 5.75 Å². The van der Waals surface area contributed by atoms with Crippen LogP contribution in [0.25, 0.3) is 0 Å². The van der Waals surface area contributed by atoms with Crippen LogP contribution in [0.3, 0.4) is 0 Å². The molecule has 1 aliphatic rings. The number of amides is 1. The Morgan fingerprint density at radius 3 is 2.74 bits per heavy atom. The maximum atomic E-state index is 12.8. The summed E-state index contributed by atoms with van der Waals surface area (Å²) in [6, 6.07) is 7.27. The van der Waals surface area contributed by atoms with Crippen LogP contribution in [-0.2, 0) is 22.7 Å². The van der Waals surface area contributed by atoms with Gasteiger partial charge in [0.15, 0.2) is 0 Å². The third-order valence-corrected chi connectivity index (χ3v) is 5.83. The molecule has 0 bridgehead atoms. The first-order valence-corrected chi connectivity index (χ1v) is 10.5. The molecule has 1 aliphatic carbocycles. The molecule has 1 fully saturated rings. The van der Waals surface area contributed by atoms with Gasteiger partial charge >= 0.3 is 0 Å². The maximum absolute atomic E-state index is 12.8. The lowest BCUT2D eigenvalue weighted by Gasteiger charge is -2.24. The summed E-state index contributed by atoms with van der Waals surface area (Å²) in [5.41, 5.74) is 0.900. The fourth-order valence-corrected chi connectivity index (χ4v) is 4.08. The molecular formula is C20H25ClN2O3S. The van der Waals surface area contributed by atoms with Gasteiger partial charge in [0.2, 0.25) is 5.91 Å². The summed E-state index contributed by atoms with van der Waals surface area (Å²) in [6.45, 7) is 2.06. The number of halogens is 1. The number of carbonyl (C=O) groups excluding carboxylic acids is 1. The molecule has 0 atom stereocenters. The van der Waals surface area contributed by atoms with Crippen molar-refractivity contribution in [1.82, 2.24) is 9.88 Å². The summed E-state index contributed by atoms with van der Waals surface area (Å²) >= 11 is 7.43. The van der Waals surface area contributed by atoms with Crippen molar-refractivity contribution in [3.05, 3.63) is 45.4 Å². The number of carbonyl (C=O) groups is 1. The minimum Gasteiger partial charge on any atom is -0.486 e. The molecule has 0 aliphatic heterocycles. The van der Waals surface area contributed by atoms with E-state index in [-0.39, 0.29) is 11.8 Å². The molecule has 0 N–H and O–H groups in total. The van der Waals surface area contributed by atoms with E-state index in [1.165, 1.54) is 0 Å². The van der Waals surface area contributed by atoms with E-state index in [2.05, 4.69) is 4.98 Å². The predicted molar refractivity (Wildman–Crippen MR) is 107 cm³/mol. The molecule has 0 saturated heterocycles. The van der Waals surface area contributed by atoms with Crippen molar-refractivity contribution < 1.29 is 14.3 Å². The topological polar surface area (TPSA) is 51.7 Å². The Kier molecular flexibility index (Phi) is 7.50. The fourth-order valence-electron chi connectivity index (χ4n) is 3.26. The molecule has 2 aromatic rings. The molecule has 27 heavy (non-hydrogen) atoms. The molecule has 1 saturated carbocycles. The molecule has 3 rings (SSSR count). The Morgan fingerprint density at radius 1 is 1.30 bits per heavy atom. The first kappa shape index (κ1) is 20.1. The molecule has 0 unspecified atom stereocenters. The van der Waals surface area contributed by atoms with Crippen LogP contribution in [0, 0.1) is 5.92 Å². The lowest BCUT2D eigenvalue weighted by molar-refractivity contribution is -0.136. The van der Waals surface area contributed by atoms with Crippen molar-refractivity contribution >= 4 is 28.8 Å². The van der Waals surface area contributed by atoms with Gasteiger partial charge in [0, 0.05) is 30.0 Å². The number of hydrogen-bond donors (Lipinski definition) is 0. The van der Waals surface area contributed by atoms with E-state index in [9.17, 15) is 4.79 Å². The number of methoxy groups -OCH3 is 1. The zero-order valence-electron chi connectivity index (χ0n) is 15.5. The van der Waals surface area contributed by atoms with Gasteiger partial charge in [-0.25, -0.2) is 4.98 Å². The van der Waals surface area contributed by atoms with E-state index < -0.39 is 0 Å². The quantitative estimate of drug-likeness (QED) is 0.611. The molecule has 1 aromatic heterocycles. The van der Waals surface area contributed by atoms with E-state index in [1.807, 2.05) is 22.4 Å². The lowest BCUT2D eigenvalue weighted by Crippen LogP contribution is -2.37. The number of thiazole rings is 1. The summed E-state index contributed by atoms with van der Waals surface area (Å²) in [5.74, 6) is 1.15. The third-order valence-electron chi connectivity index (χ3n) is 4.71. The number of hydrogen-bond acceptors (Lipinski definition) is 5. The SMILES string of the molecule is COCCN(Cc1csc(COc2ccc(Cl)cc2)n1)C(=O)C1CCCC1. The second-order valence-electron chi connectivity index (χ2n) is 6.71. The number of rotatable bonds is 9. The van der Waals surface area contributed by atoms with Crippen molar-refractivity contribution in [3.8, 4) is 5.75 Å². The van der Waals surface area contributed by atoms with Gasteiger partial charge in [-0.3, -0.25) is 4.79 Å². The van der Waals surface area contributed by atoms with Crippen molar-refractivity contribution in [2.45, 2.75) is 38.8 Å². The van der Waals surface area contributed by atoms with Gasteiger partial charge < -0.3 is 14.4 Å². The predicted octanol–water partition coefficient (Wildman–Crippen LogP) is 4.54. The van der Waals surface area contributed by atoms with Crippen molar-refractivity contribution in [2.75, 3.05) is 20.3 Å². The maximum Gasteiger partial charge on any atom is 0.226 e. The van der Waals surface area contributed by atoms with Gasteiger partial charge in [-0.05, 0) is 37.1 Å². The highest BCUT2D eigenvalue weighted by Gasteiger charge is 2.27. The Morgan fingerprint density at radius 2 is 2.04 bits per heavy atom. The monoisotopic (exact) mass is 408 g/mol. The molecule has 7 heteroatoms.